The van der Waals surface area contributed by atoms with E-state index in [1.807, 2.05) is 40.0 Å². The van der Waals surface area contributed by atoms with Crippen LogP contribution in [-0.2, 0) is 12.0 Å². The minimum Gasteiger partial charge on any atom is -0.478 e. The predicted molar refractivity (Wildman–Crippen MR) is 148 cm³/mol. The first-order valence-electron chi connectivity index (χ1n) is 13.4. The van der Waals surface area contributed by atoms with Crippen molar-refractivity contribution in [2.24, 2.45) is 5.41 Å². The molecule has 3 heterocycles. The summed E-state index contributed by atoms with van der Waals surface area (Å²) in [5, 5.41) is 14.7. The minimum atomic E-state index is -0.962. The molecule has 4 aromatic rings. The average molecular weight is 525 g/mol. The smallest absolute Gasteiger partial charge is 0.335 e. The number of Topliss-reactive ketones (excluding diaryl/α,β-unsaturated/α-hetero) is 1. The van der Waals surface area contributed by atoms with Crippen LogP contribution in [0, 0.1) is 5.41 Å². The Morgan fingerprint density at radius 2 is 1.74 bits per heavy atom. The van der Waals surface area contributed by atoms with Gasteiger partial charge >= 0.3 is 5.97 Å². The third-order valence-corrected chi connectivity index (χ3v) is 8.29. The predicted octanol–water partition coefficient (Wildman–Crippen LogP) is 5.54. The number of likely N-dealkylation sites (tertiary alicyclic amines) is 1. The lowest BCUT2D eigenvalue weighted by Gasteiger charge is -2.43. The summed E-state index contributed by atoms with van der Waals surface area (Å²) in [5.74, 6) is -0.852. The summed E-state index contributed by atoms with van der Waals surface area (Å²) in [4.78, 5) is 43.2. The van der Waals surface area contributed by atoms with E-state index in [0.29, 0.717) is 25.2 Å². The number of aromatic amines is 1. The van der Waals surface area contributed by atoms with Gasteiger partial charge in [0.2, 0.25) is 0 Å². The normalized spacial score (nSPS) is 17.0. The van der Waals surface area contributed by atoms with Crippen molar-refractivity contribution in [3.63, 3.8) is 0 Å². The number of nitrogens with one attached hydrogen (secondary N) is 1. The van der Waals surface area contributed by atoms with Crippen molar-refractivity contribution in [1.82, 2.24) is 19.7 Å². The van der Waals surface area contributed by atoms with Crippen LogP contribution in [0.3, 0.4) is 0 Å². The lowest BCUT2D eigenvalue weighted by molar-refractivity contribution is 0.0511. The zero-order valence-electron chi connectivity index (χ0n) is 22.5. The van der Waals surface area contributed by atoms with Gasteiger partial charge in [-0.15, -0.1) is 0 Å². The third-order valence-electron chi connectivity index (χ3n) is 8.29. The number of ketones is 1. The van der Waals surface area contributed by atoms with Crippen LogP contribution in [0.15, 0.2) is 54.7 Å². The van der Waals surface area contributed by atoms with Crippen LogP contribution in [0.5, 0.6) is 0 Å². The van der Waals surface area contributed by atoms with Gasteiger partial charge in [0, 0.05) is 36.0 Å². The van der Waals surface area contributed by atoms with Gasteiger partial charge in [-0.05, 0) is 80.8 Å². The molecule has 0 saturated carbocycles. The number of benzene rings is 2. The second-order valence-electron chi connectivity index (χ2n) is 12.0. The molecule has 2 N–H and O–H groups in total. The van der Waals surface area contributed by atoms with Gasteiger partial charge in [-0.1, -0.05) is 24.3 Å². The van der Waals surface area contributed by atoms with Gasteiger partial charge < -0.3 is 15.0 Å². The molecular weight excluding hydrogens is 492 g/mol. The Morgan fingerprint density at radius 1 is 1.03 bits per heavy atom. The maximum atomic E-state index is 13.5. The minimum absolute atomic E-state index is 0.0448. The number of piperidine rings is 1. The first kappa shape index (κ1) is 25.1. The largest absolute Gasteiger partial charge is 0.478 e. The monoisotopic (exact) mass is 524 g/mol. The number of nitrogens with zero attached hydrogens (tertiary/aromatic N) is 3. The van der Waals surface area contributed by atoms with Crippen LogP contribution >= 0.6 is 0 Å². The van der Waals surface area contributed by atoms with Crippen LogP contribution in [0.2, 0.25) is 0 Å². The number of carbonyl (C=O) groups is 3. The molecule has 2 aliphatic rings. The van der Waals surface area contributed by atoms with Crippen molar-refractivity contribution in [1.29, 1.82) is 0 Å². The fraction of sp³-hybridized carbons (Fsp3) is 0.355. The highest BCUT2D eigenvalue weighted by Gasteiger charge is 2.44. The number of carbonyl (C=O) groups excluding carboxylic acids is 2. The number of hydrogen-bond donors (Lipinski definition) is 2. The summed E-state index contributed by atoms with van der Waals surface area (Å²) in [7, 11) is 0. The SMILES string of the molecule is CC(C)(C)n1ncc2c1C(=O)CC1(CCN(C(=O)c3cc4c(-c5ccc(C(=O)O)cc5)cccc4[nH]3)CC1)C2. The number of rotatable bonds is 3. The molecule has 0 bridgehead atoms. The summed E-state index contributed by atoms with van der Waals surface area (Å²) in [6.45, 7) is 7.39. The van der Waals surface area contributed by atoms with Crippen molar-refractivity contribution < 1.29 is 19.5 Å². The number of carboxylic acids is 1. The molecule has 200 valence electrons. The molecule has 1 fully saturated rings. The van der Waals surface area contributed by atoms with Crippen molar-refractivity contribution in [3.8, 4) is 11.1 Å². The summed E-state index contributed by atoms with van der Waals surface area (Å²) < 4.78 is 1.86. The molecule has 0 unspecified atom stereocenters. The van der Waals surface area contributed by atoms with E-state index in [4.69, 9.17) is 0 Å². The van der Waals surface area contributed by atoms with E-state index >= 15 is 0 Å². The quantitative estimate of drug-likeness (QED) is 0.366. The summed E-state index contributed by atoms with van der Waals surface area (Å²) in [5.41, 5.74) is 4.85. The van der Waals surface area contributed by atoms with Crippen LogP contribution in [0.1, 0.15) is 76.9 Å². The molecule has 1 aliphatic heterocycles. The third kappa shape index (κ3) is 4.33. The van der Waals surface area contributed by atoms with Crippen LogP contribution in [-0.4, -0.2) is 55.5 Å². The van der Waals surface area contributed by atoms with Crippen LogP contribution < -0.4 is 0 Å². The van der Waals surface area contributed by atoms with E-state index < -0.39 is 5.97 Å². The number of carboxylic acid groups (broad SMARTS) is 1. The second kappa shape index (κ2) is 8.93. The Balaban J connectivity index is 1.20. The van der Waals surface area contributed by atoms with Gasteiger partial charge in [0.15, 0.2) is 5.78 Å². The van der Waals surface area contributed by atoms with Gasteiger partial charge in [0.25, 0.3) is 5.91 Å². The number of aromatic nitrogens is 3. The number of hydrogen-bond acceptors (Lipinski definition) is 4. The second-order valence-corrected chi connectivity index (χ2v) is 12.0. The Labute approximate surface area is 226 Å². The molecule has 1 spiro atoms. The Bertz CT molecular complexity index is 1610. The number of amides is 1. The molecule has 0 atom stereocenters. The first-order chi connectivity index (χ1) is 18.5. The first-order valence-corrected chi connectivity index (χ1v) is 13.4. The molecule has 1 saturated heterocycles. The van der Waals surface area contributed by atoms with Gasteiger partial charge in [-0.3, -0.25) is 14.3 Å². The zero-order chi connectivity index (χ0) is 27.5. The molecule has 8 nitrogen and oxygen atoms in total. The van der Waals surface area contributed by atoms with Gasteiger partial charge in [0.05, 0.1) is 17.3 Å². The lowest BCUT2D eigenvalue weighted by atomic mass is 9.67. The van der Waals surface area contributed by atoms with Crippen LogP contribution in [0.25, 0.3) is 22.0 Å². The highest BCUT2D eigenvalue weighted by Crippen LogP contribution is 2.44. The molecule has 1 aliphatic carbocycles. The van der Waals surface area contributed by atoms with Crippen LogP contribution in [0.4, 0.5) is 0 Å². The maximum absolute atomic E-state index is 13.5. The highest BCUT2D eigenvalue weighted by atomic mass is 16.4. The molecule has 0 radical (unpaired) electrons. The van der Waals surface area contributed by atoms with E-state index in [1.54, 1.807) is 24.3 Å². The lowest BCUT2D eigenvalue weighted by Crippen LogP contribution is -2.46. The van der Waals surface area contributed by atoms with E-state index in [-0.39, 0.29) is 28.2 Å². The van der Waals surface area contributed by atoms with Gasteiger partial charge in [-0.2, -0.15) is 5.10 Å². The van der Waals surface area contributed by atoms with E-state index in [1.165, 1.54) is 0 Å². The number of aromatic carboxylic acids is 1. The maximum Gasteiger partial charge on any atom is 0.335 e. The van der Waals surface area contributed by atoms with Crippen molar-refractivity contribution in [2.75, 3.05) is 13.1 Å². The molecule has 6 rings (SSSR count). The van der Waals surface area contributed by atoms with Crippen molar-refractivity contribution >= 4 is 28.6 Å². The molecule has 1 amide bonds. The molecule has 39 heavy (non-hydrogen) atoms. The average Bonchev–Trinajstić information content (AvgIpc) is 3.53. The zero-order valence-corrected chi connectivity index (χ0v) is 22.5. The Morgan fingerprint density at radius 3 is 2.41 bits per heavy atom. The topological polar surface area (TPSA) is 108 Å². The number of fused-ring (bicyclic) bond motifs is 2. The highest BCUT2D eigenvalue weighted by molar-refractivity contribution is 6.03. The Hall–Kier alpha value is -4.20. The fourth-order valence-corrected chi connectivity index (χ4v) is 6.23. The summed E-state index contributed by atoms with van der Waals surface area (Å²) in [6.07, 6.45) is 4.75. The number of H-pyrrole nitrogens is 1. The standard InChI is InChI=1S/C31H32N4O4/c1-30(2,3)35-27-21(18-32-35)16-31(17-26(27)36)11-13-34(14-12-31)28(37)25-15-23-22(5-4-6-24(23)33-25)19-7-9-20(10-8-19)29(38)39/h4-10,15,18,33H,11-14,16-17H2,1-3H3,(H,38,39). The van der Waals surface area contributed by atoms with E-state index in [9.17, 15) is 19.5 Å². The molecule has 2 aromatic carbocycles. The van der Waals surface area contributed by atoms with Crippen molar-refractivity contribution in [3.05, 3.63) is 77.2 Å². The van der Waals surface area contributed by atoms with E-state index in [0.717, 1.165) is 52.5 Å². The van der Waals surface area contributed by atoms with E-state index in [2.05, 4.69) is 30.9 Å². The summed E-state index contributed by atoms with van der Waals surface area (Å²) in [6, 6.07) is 14.5. The fourth-order valence-electron chi connectivity index (χ4n) is 6.23. The van der Waals surface area contributed by atoms with Gasteiger partial charge in [0.1, 0.15) is 11.4 Å². The molecule has 2 aromatic heterocycles. The molecular formula is C31H32N4O4. The molecule has 8 heteroatoms. The van der Waals surface area contributed by atoms with Crippen molar-refractivity contribution in [2.45, 2.75) is 52.0 Å². The summed E-state index contributed by atoms with van der Waals surface area (Å²) >= 11 is 0. The Kier molecular flexibility index (Phi) is 5.75. The van der Waals surface area contributed by atoms with Gasteiger partial charge in [-0.25, -0.2) is 4.79 Å².